The van der Waals surface area contributed by atoms with Crippen LogP contribution in [0.2, 0.25) is 0 Å². The average molecular weight is 244 g/mol. The Morgan fingerprint density at radius 3 is 2.47 bits per heavy atom. The van der Waals surface area contributed by atoms with Crippen molar-refractivity contribution in [2.24, 2.45) is 0 Å². The van der Waals surface area contributed by atoms with Crippen LogP contribution in [0.5, 0.6) is 0 Å². The number of carbonyl (C=O) groups is 1. The lowest BCUT2D eigenvalue weighted by atomic mass is 9.86. The maximum atomic E-state index is 13.3. The second-order valence-electron chi connectivity index (χ2n) is 4.96. The first-order valence-electron chi connectivity index (χ1n) is 6.60. The number of unbranched alkanes of at least 4 members (excludes halogenated alkanes) is 4. The van der Waals surface area contributed by atoms with Crippen LogP contribution in [0, 0.1) is 0 Å². The van der Waals surface area contributed by atoms with Gasteiger partial charge < -0.3 is 0 Å². The molecule has 1 rings (SSSR count). The number of alkyl halides is 2. The molecule has 0 fully saturated rings. The van der Waals surface area contributed by atoms with Crippen molar-refractivity contribution in [3.63, 3.8) is 0 Å². The molecule has 0 saturated heterocycles. The van der Waals surface area contributed by atoms with Gasteiger partial charge in [-0.05, 0) is 26.2 Å². The highest BCUT2D eigenvalue weighted by Crippen LogP contribution is 2.35. The second kappa shape index (κ2) is 6.27. The molecule has 0 amide bonds. The van der Waals surface area contributed by atoms with Crippen LogP contribution in [0.1, 0.15) is 65.2 Å². The Kier molecular flexibility index (Phi) is 5.29. The Morgan fingerprint density at radius 2 is 1.82 bits per heavy atom. The van der Waals surface area contributed by atoms with E-state index in [-0.39, 0.29) is 6.42 Å². The Bertz CT molecular complexity index is 305. The molecule has 0 aromatic carbocycles. The van der Waals surface area contributed by atoms with Gasteiger partial charge in [0.15, 0.2) is 0 Å². The zero-order chi connectivity index (χ0) is 12.9. The van der Waals surface area contributed by atoms with Gasteiger partial charge in [0.25, 0.3) is 0 Å². The first kappa shape index (κ1) is 14.3. The molecular formula is C14H22F2O. The van der Waals surface area contributed by atoms with E-state index in [2.05, 4.69) is 6.92 Å². The first-order chi connectivity index (χ1) is 7.99. The van der Waals surface area contributed by atoms with Crippen LogP contribution < -0.4 is 0 Å². The second-order valence-corrected chi connectivity index (χ2v) is 4.96. The van der Waals surface area contributed by atoms with E-state index in [9.17, 15) is 13.6 Å². The lowest BCUT2D eigenvalue weighted by molar-refractivity contribution is -0.140. The fourth-order valence-corrected chi connectivity index (χ4v) is 2.26. The van der Waals surface area contributed by atoms with Gasteiger partial charge in [0, 0.05) is 12.0 Å². The summed E-state index contributed by atoms with van der Waals surface area (Å²) in [6.45, 7) is 3.95. The molecule has 0 saturated carbocycles. The molecule has 0 aromatic rings. The molecule has 0 atom stereocenters. The highest BCUT2D eigenvalue weighted by molar-refractivity contribution is 6.02. The van der Waals surface area contributed by atoms with Crippen molar-refractivity contribution in [2.45, 2.75) is 71.1 Å². The third-order valence-electron chi connectivity index (χ3n) is 3.47. The van der Waals surface area contributed by atoms with E-state index in [1.807, 2.05) is 6.92 Å². The monoisotopic (exact) mass is 244 g/mol. The topological polar surface area (TPSA) is 17.1 Å². The summed E-state index contributed by atoms with van der Waals surface area (Å²) in [5.74, 6) is -4.03. The number of hydrogen-bond acceptors (Lipinski definition) is 1. The van der Waals surface area contributed by atoms with Crippen molar-refractivity contribution < 1.29 is 13.6 Å². The van der Waals surface area contributed by atoms with Gasteiger partial charge in [-0.1, -0.05) is 38.2 Å². The Hall–Kier alpha value is -0.730. The van der Waals surface area contributed by atoms with Crippen LogP contribution in [0.4, 0.5) is 8.78 Å². The lowest BCUT2D eigenvalue weighted by Gasteiger charge is -2.24. The zero-order valence-corrected chi connectivity index (χ0v) is 10.8. The maximum Gasteiger partial charge on any atom is 0.309 e. The normalized spacial score (nSPS) is 19.9. The van der Waals surface area contributed by atoms with Gasteiger partial charge >= 0.3 is 5.92 Å². The Balaban J connectivity index is 2.48. The number of ketones is 1. The van der Waals surface area contributed by atoms with E-state index in [1.54, 1.807) is 0 Å². The van der Waals surface area contributed by atoms with Crippen molar-refractivity contribution in [3.05, 3.63) is 11.1 Å². The highest BCUT2D eigenvalue weighted by atomic mass is 19.3. The predicted molar refractivity (Wildman–Crippen MR) is 65.3 cm³/mol. The molecule has 98 valence electrons. The molecule has 0 spiro atoms. The summed E-state index contributed by atoms with van der Waals surface area (Å²) in [6, 6.07) is 0. The van der Waals surface area contributed by atoms with Crippen molar-refractivity contribution in [1.82, 2.24) is 0 Å². The largest absolute Gasteiger partial charge is 0.309 e. The Labute approximate surface area is 102 Å². The minimum atomic E-state index is -3.11. The molecule has 1 nitrogen and oxygen atoms in total. The molecule has 0 unspecified atom stereocenters. The molecular weight excluding hydrogens is 222 g/mol. The van der Waals surface area contributed by atoms with E-state index >= 15 is 0 Å². The van der Waals surface area contributed by atoms with Crippen LogP contribution in [0.3, 0.4) is 0 Å². The third-order valence-corrected chi connectivity index (χ3v) is 3.47. The summed E-state index contributed by atoms with van der Waals surface area (Å²) < 4.78 is 26.5. The van der Waals surface area contributed by atoms with E-state index < -0.39 is 11.7 Å². The van der Waals surface area contributed by atoms with E-state index in [4.69, 9.17) is 0 Å². The molecule has 0 bridgehead atoms. The van der Waals surface area contributed by atoms with Crippen molar-refractivity contribution in [1.29, 1.82) is 0 Å². The molecule has 0 heterocycles. The molecule has 3 heteroatoms. The van der Waals surface area contributed by atoms with Gasteiger partial charge in [0.2, 0.25) is 5.78 Å². The van der Waals surface area contributed by atoms with Crippen molar-refractivity contribution in [2.75, 3.05) is 0 Å². The summed E-state index contributed by atoms with van der Waals surface area (Å²) in [6.07, 6.45) is 5.95. The summed E-state index contributed by atoms with van der Waals surface area (Å²) in [7, 11) is 0. The van der Waals surface area contributed by atoms with E-state index in [0.717, 1.165) is 24.8 Å². The number of halogens is 2. The van der Waals surface area contributed by atoms with Gasteiger partial charge in [-0.15, -0.1) is 0 Å². The predicted octanol–water partition coefficient (Wildman–Crippen LogP) is 4.66. The zero-order valence-electron chi connectivity index (χ0n) is 10.8. The number of allylic oxidation sites excluding steroid dienone is 2. The van der Waals surface area contributed by atoms with Gasteiger partial charge in [-0.2, -0.15) is 8.78 Å². The fourth-order valence-electron chi connectivity index (χ4n) is 2.26. The summed E-state index contributed by atoms with van der Waals surface area (Å²) >= 11 is 0. The summed E-state index contributed by atoms with van der Waals surface area (Å²) in [4.78, 5) is 11.6. The van der Waals surface area contributed by atoms with E-state index in [0.29, 0.717) is 18.4 Å². The van der Waals surface area contributed by atoms with Gasteiger partial charge in [0.05, 0.1) is 0 Å². The number of carbonyl (C=O) groups excluding carboxylic acids is 1. The third kappa shape index (κ3) is 3.90. The Morgan fingerprint density at radius 1 is 1.18 bits per heavy atom. The average Bonchev–Trinajstić information content (AvgIpc) is 2.28. The molecule has 0 radical (unpaired) electrons. The SMILES string of the molecule is CCCCCCCC1=C(C)CCC(F)(F)C1=O. The van der Waals surface area contributed by atoms with Gasteiger partial charge in [-0.3, -0.25) is 4.79 Å². The molecule has 17 heavy (non-hydrogen) atoms. The van der Waals surface area contributed by atoms with Crippen LogP contribution in [-0.2, 0) is 4.79 Å². The van der Waals surface area contributed by atoms with E-state index in [1.165, 1.54) is 12.8 Å². The minimum absolute atomic E-state index is 0.309. The summed E-state index contributed by atoms with van der Waals surface area (Å²) in [5, 5.41) is 0. The lowest BCUT2D eigenvalue weighted by Crippen LogP contribution is -2.34. The number of Topliss-reactive ketones (excluding diaryl/α,β-unsaturated/α-hetero) is 1. The fraction of sp³-hybridized carbons (Fsp3) is 0.786. The molecule has 1 aliphatic rings. The summed E-state index contributed by atoms with van der Waals surface area (Å²) in [5.41, 5.74) is 1.27. The van der Waals surface area contributed by atoms with Crippen LogP contribution in [0.25, 0.3) is 0 Å². The highest BCUT2D eigenvalue weighted by Gasteiger charge is 2.43. The maximum absolute atomic E-state index is 13.3. The van der Waals surface area contributed by atoms with Crippen molar-refractivity contribution >= 4 is 5.78 Å². The number of rotatable bonds is 6. The molecule has 0 aromatic heterocycles. The van der Waals surface area contributed by atoms with Crippen LogP contribution >= 0.6 is 0 Å². The van der Waals surface area contributed by atoms with Gasteiger partial charge in [0.1, 0.15) is 0 Å². The van der Waals surface area contributed by atoms with Crippen molar-refractivity contribution in [3.8, 4) is 0 Å². The minimum Gasteiger partial charge on any atom is -0.288 e. The first-order valence-corrected chi connectivity index (χ1v) is 6.60. The van der Waals surface area contributed by atoms with Gasteiger partial charge in [-0.25, -0.2) is 0 Å². The molecule has 1 aliphatic carbocycles. The standard InChI is InChI=1S/C14H22F2O/c1-3-4-5-6-7-8-12-11(2)9-10-14(15,16)13(12)17/h3-10H2,1-2H3. The quantitative estimate of drug-likeness (QED) is 0.621. The smallest absolute Gasteiger partial charge is 0.288 e. The van der Waals surface area contributed by atoms with Crippen LogP contribution in [0.15, 0.2) is 11.1 Å². The number of hydrogen-bond donors (Lipinski definition) is 0. The molecule has 0 N–H and O–H groups in total. The van der Waals surface area contributed by atoms with Crippen LogP contribution in [-0.4, -0.2) is 11.7 Å². The molecule has 0 aliphatic heterocycles.